The summed E-state index contributed by atoms with van der Waals surface area (Å²) in [5, 5.41) is 12.5. The molecule has 44 heavy (non-hydrogen) atoms. The number of nitrogens with zero attached hydrogens (tertiary/aromatic N) is 1. The number of nitrogens with one attached hydrogen (secondary N) is 1. The van der Waals surface area contributed by atoms with E-state index in [0.29, 0.717) is 30.6 Å². The van der Waals surface area contributed by atoms with Crippen LogP contribution in [0, 0.1) is 5.82 Å². The van der Waals surface area contributed by atoms with Crippen LogP contribution in [0.25, 0.3) is 22.4 Å². The Hall–Kier alpha value is -4.27. The number of anilines is 1. The maximum atomic E-state index is 14.2. The van der Waals surface area contributed by atoms with E-state index in [1.165, 1.54) is 12.1 Å². The average molecular weight is 599 g/mol. The van der Waals surface area contributed by atoms with Gasteiger partial charge in [0.25, 0.3) is 5.91 Å². The van der Waals surface area contributed by atoms with E-state index >= 15 is 0 Å². The Balaban J connectivity index is 1.66. The molecular formula is C36H39FN2O5. The number of ether oxygens (including phenoxy) is 2. The number of amides is 1. The fourth-order valence-electron chi connectivity index (χ4n) is 6.20. The molecule has 4 aromatic rings. The molecule has 5 rings (SSSR count). The topological polar surface area (TPSA) is 89.8 Å². The number of carbonyl (C=O) groups excluding carboxylic acids is 1. The van der Waals surface area contributed by atoms with E-state index in [0.717, 1.165) is 28.1 Å². The number of aliphatic carboxylic acids is 1. The van der Waals surface area contributed by atoms with Crippen molar-refractivity contribution in [1.82, 2.24) is 4.57 Å². The number of benzene rings is 3. The number of para-hydroxylation sites is 1. The summed E-state index contributed by atoms with van der Waals surface area (Å²) >= 11 is 0. The molecule has 1 aliphatic heterocycles. The van der Waals surface area contributed by atoms with E-state index < -0.39 is 17.9 Å². The fraction of sp³-hybridized carbons (Fsp3) is 0.333. The van der Waals surface area contributed by atoms with Gasteiger partial charge in [-0.2, -0.15) is 0 Å². The molecule has 0 unspecified atom stereocenters. The minimum atomic E-state index is -0.934. The molecule has 0 bridgehead atoms. The van der Waals surface area contributed by atoms with Crippen molar-refractivity contribution in [2.24, 2.45) is 0 Å². The predicted octanol–water partition coefficient (Wildman–Crippen LogP) is 8.11. The Morgan fingerprint density at radius 1 is 0.932 bits per heavy atom. The fourth-order valence-corrected chi connectivity index (χ4v) is 6.20. The van der Waals surface area contributed by atoms with Crippen LogP contribution in [0.15, 0.2) is 84.9 Å². The highest BCUT2D eigenvalue weighted by atomic mass is 19.1. The molecule has 1 amide bonds. The molecule has 0 aliphatic carbocycles. The standard InChI is InChI=1S/C36H39FN2O5/c1-23(2)33-32(35(42)38-27-13-9-6-10-14-27)31(24-11-7-5-8-12-24)34(25-15-17-26(37)18-16-25)39(33)20-19-28-21-29(22-30(40)41)44-36(3,4)43-28/h5-18,23,28-29H,19-22H2,1-4H3,(H,38,42)(H,40,41)/t28-,29-/m1/s1. The summed E-state index contributed by atoms with van der Waals surface area (Å²) in [5.41, 5.74) is 5.33. The van der Waals surface area contributed by atoms with Gasteiger partial charge in [0.15, 0.2) is 5.79 Å². The van der Waals surface area contributed by atoms with Crippen molar-refractivity contribution in [3.05, 3.63) is 102 Å². The zero-order valence-corrected chi connectivity index (χ0v) is 25.5. The highest BCUT2D eigenvalue weighted by Gasteiger charge is 2.37. The minimum Gasteiger partial charge on any atom is -0.481 e. The van der Waals surface area contributed by atoms with Gasteiger partial charge in [0.1, 0.15) is 5.82 Å². The van der Waals surface area contributed by atoms with Crippen molar-refractivity contribution in [1.29, 1.82) is 0 Å². The molecule has 8 heteroatoms. The van der Waals surface area contributed by atoms with Gasteiger partial charge in [-0.3, -0.25) is 9.59 Å². The van der Waals surface area contributed by atoms with Gasteiger partial charge >= 0.3 is 5.97 Å². The first-order valence-corrected chi connectivity index (χ1v) is 15.0. The molecule has 2 atom stereocenters. The van der Waals surface area contributed by atoms with Gasteiger partial charge in [0, 0.05) is 29.9 Å². The van der Waals surface area contributed by atoms with E-state index in [9.17, 15) is 19.1 Å². The van der Waals surface area contributed by atoms with Gasteiger partial charge in [-0.25, -0.2) is 4.39 Å². The second-order valence-electron chi connectivity index (χ2n) is 12.0. The maximum absolute atomic E-state index is 14.2. The summed E-state index contributed by atoms with van der Waals surface area (Å²) in [6.07, 6.45) is 0.145. The zero-order valence-electron chi connectivity index (χ0n) is 25.5. The number of carboxylic acids is 1. The minimum absolute atomic E-state index is 0.0463. The monoisotopic (exact) mass is 598 g/mol. The van der Waals surface area contributed by atoms with Gasteiger partial charge in [-0.1, -0.05) is 62.4 Å². The van der Waals surface area contributed by atoms with Gasteiger partial charge in [-0.05, 0) is 73.7 Å². The lowest BCUT2D eigenvalue weighted by Gasteiger charge is -2.40. The second-order valence-corrected chi connectivity index (χ2v) is 12.0. The lowest BCUT2D eigenvalue weighted by Crippen LogP contribution is -2.45. The van der Waals surface area contributed by atoms with Crippen molar-refractivity contribution in [3.63, 3.8) is 0 Å². The van der Waals surface area contributed by atoms with Crippen LogP contribution in [0.1, 0.15) is 68.9 Å². The van der Waals surface area contributed by atoms with Crippen molar-refractivity contribution >= 4 is 17.6 Å². The van der Waals surface area contributed by atoms with E-state index in [1.807, 2.05) is 60.7 Å². The number of rotatable bonds is 10. The summed E-state index contributed by atoms with van der Waals surface area (Å²) < 4.78 is 28.5. The third-order valence-corrected chi connectivity index (χ3v) is 7.79. The smallest absolute Gasteiger partial charge is 0.305 e. The van der Waals surface area contributed by atoms with Gasteiger partial charge < -0.3 is 24.5 Å². The molecule has 0 saturated carbocycles. The molecule has 1 fully saturated rings. The molecule has 2 N–H and O–H groups in total. The largest absolute Gasteiger partial charge is 0.481 e. The zero-order chi connectivity index (χ0) is 31.4. The van der Waals surface area contributed by atoms with Crippen LogP contribution in [0.5, 0.6) is 0 Å². The van der Waals surface area contributed by atoms with Crippen molar-refractivity contribution in [2.75, 3.05) is 5.32 Å². The molecular weight excluding hydrogens is 559 g/mol. The molecule has 230 valence electrons. The Bertz CT molecular complexity index is 1600. The summed E-state index contributed by atoms with van der Waals surface area (Å²) in [4.78, 5) is 25.7. The Kier molecular flexibility index (Phi) is 9.32. The normalized spacial score (nSPS) is 17.9. The number of halogens is 1. The number of carbonyl (C=O) groups is 2. The predicted molar refractivity (Wildman–Crippen MR) is 169 cm³/mol. The van der Waals surface area contributed by atoms with Crippen molar-refractivity contribution in [2.45, 2.75) is 77.4 Å². The van der Waals surface area contributed by atoms with Gasteiger partial charge in [0.2, 0.25) is 0 Å². The van der Waals surface area contributed by atoms with Crippen molar-refractivity contribution < 1.29 is 28.6 Å². The van der Waals surface area contributed by atoms with Crippen LogP contribution >= 0.6 is 0 Å². The lowest BCUT2D eigenvalue weighted by atomic mass is 9.94. The molecule has 3 aromatic carbocycles. The van der Waals surface area contributed by atoms with E-state index in [1.54, 1.807) is 26.0 Å². The van der Waals surface area contributed by atoms with E-state index in [2.05, 4.69) is 23.7 Å². The first kappa shape index (κ1) is 31.2. The van der Waals surface area contributed by atoms with Crippen LogP contribution in [0.3, 0.4) is 0 Å². The van der Waals surface area contributed by atoms with Crippen LogP contribution in [0.2, 0.25) is 0 Å². The molecule has 7 nitrogen and oxygen atoms in total. The summed E-state index contributed by atoms with van der Waals surface area (Å²) in [6, 6.07) is 25.5. The maximum Gasteiger partial charge on any atom is 0.305 e. The quantitative estimate of drug-likeness (QED) is 0.192. The van der Waals surface area contributed by atoms with E-state index in [-0.39, 0.29) is 30.2 Å². The molecule has 0 spiro atoms. The van der Waals surface area contributed by atoms with Gasteiger partial charge in [-0.15, -0.1) is 0 Å². The number of carboxylic acid groups (broad SMARTS) is 1. The first-order chi connectivity index (χ1) is 21.0. The van der Waals surface area contributed by atoms with E-state index in [4.69, 9.17) is 9.47 Å². The van der Waals surface area contributed by atoms with Crippen LogP contribution in [0.4, 0.5) is 10.1 Å². The SMILES string of the molecule is CC(C)c1c(C(=O)Nc2ccccc2)c(-c2ccccc2)c(-c2ccc(F)cc2)n1CC[C@@H]1C[C@H](CC(=O)O)OC(C)(C)O1. The third-order valence-electron chi connectivity index (χ3n) is 7.79. The molecule has 1 aromatic heterocycles. The highest BCUT2D eigenvalue weighted by molar-refractivity contribution is 6.12. The Morgan fingerprint density at radius 2 is 1.55 bits per heavy atom. The number of hydrogen-bond donors (Lipinski definition) is 2. The number of hydrogen-bond acceptors (Lipinski definition) is 4. The average Bonchev–Trinajstić information content (AvgIpc) is 3.32. The Morgan fingerprint density at radius 3 is 2.16 bits per heavy atom. The van der Waals surface area contributed by atoms with Gasteiger partial charge in [0.05, 0.1) is 29.9 Å². The first-order valence-electron chi connectivity index (χ1n) is 15.0. The second kappa shape index (κ2) is 13.2. The summed E-state index contributed by atoms with van der Waals surface area (Å²) in [6.45, 7) is 8.20. The molecule has 1 saturated heterocycles. The van der Waals surface area contributed by atoms with Crippen molar-refractivity contribution in [3.8, 4) is 22.4 Å². The van der Waals surface area contributed by atoms with Crippen LogP contribution in [-0.2, 0) is 20.8 Å². The third kappa shape index (κ3) is 7.09. The molecule has 0 radical (unpaired) electrons. The summed E-state index contributed by atoms with van der Waals surface area (Å²) in [5.74, 6) is -2.47. The number of aromatic nitrogens is 1. The molecule has 1 aliphatic rings. The summed E-state index contributed by atoms with van der Waals surface area (Å²) in [7, 11) is 0. The lowest BCUT2D eigenvalue weighted by molar-refractivity contribution is -0.300. The highest BCUT2D eigenvalue weighted by Crippen LogP contribution is 2.43. The van der Waals surface area contributed by atoms with Crippen LogP contribution in [-0.4, -0.2) is 39.5 Å². The molecule has 2 heterocycles. The van der Waals surface area contributed by atoms with Crippen LogP contribution < -0.4 is 5.32 Å². The Labute approximate surface area is 257 Å².